The summed E-state index contributed by atoms with van der Waals surface area (Å²) in [5, 5.41) is 0. The highest BCUT2D eigenvalue weighted by Crippen LogP contribution is 2.10. The molecule has 0 rings (SSSR count). The molecule has 0 saturated heterocycles. The summed E-state index contributed by atoms with van der Waals surface area (Å²) in [7, 11) is 0. The van der Waals surface area contributed by atoms with Crippen LogP contribution in [-0.4, -0.2) is 19.8 Å². The number of nitrogens with two attached hydrogens (primary N) is 1. The van der Waals surface area contributed by atoms with Gasteiger partial charge in [-0.2, -0.15) is 0 Å². The van der Waals surface area contributed by atoms with E-state index in [1.807, 2.05) is 0 Å². The summed E-state index contributed by atoms with van der Waals surface area (Å²) in [6.07, 6.45) is 7.73. The van der Waals surface area contributed by atoms with Crippen LogP contribution in [0.15, 0.2) is 0 Å². The zero-order valence-electron chi connectivity index (χ0n) is 9.93. The quantitative estimate of drug-likeness (QED) is 0.552. The Balaban J connectivity index is 3.07. The van der Waals surface area contributed by atoms with Crippen molar-refractivity contribution in [2.24, 2.45) is 11.7 Å². The maximum Gasteiger partial charge on any atom is 0.0491 e. The van der Waals surface area contributed by atoms with Crippen molar-refractivity contribution < 1.29 is 4.74 Å². The van der Waals surface area contributed by atoms with Crippen molar-refractivity contribution in [2.45, 2.75) is 52.4 Å². The highest BCUT2D eigenvalue weighted by Gasteiger charge is 2.01. The van der Waals surface area contributed by atoms with Crippen molar-refractivity contribution in [3.05, 3.63) is 0 Å². The SMILES string of the molecule is CCCCCCC(C)COCCCN. The van der Waals surface area contributed by atoms with Crippen LogP contribution in [-0.2, 0) is 4.74 Å². The van der Waals surface area contributed by atoms with Gasteiger partial charge >= 0.3 is 0 Å². The van der Waals surface area contributed by atoms with Crippen LogP contribution >= 0.6 is 0 Å². The molecule has 0 fully saturated rings. The summed E-state index contributed by atoms with van der Waals surface area (Å²) < 4.78 is 5.51. The van der Waals surface area contributed by atoms with E-state index >= 15 is 0 Å². The minimum Gasteiger partial charge on any atom is -0.381 e. The lowest BCUT2D eigenvalue weighted by molar-refractivity contribution is 0.100. The largest absolute Gasteiger partial charge is 0.381 e. The highest BCUT2D eigenvalue weighted by atomic mass is 16.5. The van der Waals surface area contributed by atoms with Gasteiger partial charge in [-0.1, -0.05) is 39.5 Å². The van der Waals surface area contributed by atoms with Crippen LogP contribution in [0, 0.1) is 5.92 Å². The number of ether oxygens (including phenoxy) is 1. The Morgan fingerprint density at radius 3 is 2.57 bits per heavy atom. The normalized spacial score (nSPS) is 13.1. The van der Waals surface area contributed by atoms with E-state index in [9.17, 15) is 0 Å². The fourth-order valence-corrected chi connectivity index (χ4v) is 1.47. The number of unbranched alkanes of at least 4 members (excludes halogenated alkanes) is 3. The zero-order valence-corrected chi connectivity index (χ0v) is 9.93. The van der Waals surface area contributed by atoms with Crippen LogP contribution in [0.3, 0.4) is 0 Å². The van der Waals surface area contributed by atoms with Gasteiger partial charge in [0.1, 0.15) is 0 Å². The van der Waals surface area contributed by atoms with E-state index in [-0.39, 0.29) is 0 Å². The average molecular weight is 201 g/mol. The van der Waals surface area contributed by atoms with Gasteiger partial charge in [0.25, 0.3) is 0 Å². The van der Waals surface area contributed by atoms with Gasteiger partial charge < -0.3 is 10.5 Å². The van der Waals surface area contributed by atoms with Gasteiger partial charge in [-0.05, 0) is 25.3 Å². The second kappa shape index (κ2) is 11.0. The van der Waals surface area contributed by atoms with Gasteiger partial charge in [-0.3, -0.25) is 0 Å². The molecular formula is C12H27NO. The van der Waals surface area contributed by atoms with E-state index < -0.39 is 0 Å². The highest BCUT2D eigenvalue weighted by molar-refractivity contribution is 4.52. The lowest BCUT2D eigenvalue weighted by atomic mass is 10.0. The first-order valence-electron chi connectivity index (χ1n) is 6.09. The molecule has 86 valence electrons. The number of hydrogen-bond donors (Lipinski definition) is 1. The molecular weight excluding hydrogens is 174 g/mol. The third-order valence-corrected chi connectivity index (χ3v) is 2.45. The van der Waals surface area contributed by atoms with Crippen molar-refractivity contribution in [3.63, 3.8) is 0 Å². The Labute approximate surface area is 89.2 Å². The molecule has 1 unspecified atom stereocenters. The average Bonchev–Trinajstić information content (AvgIpc) is 2.19. The second-order valence-electron chi connectivity index (χ2n) is 4.17. The van der Waals surface area contributed by atoms with Gasteiger partial charge in [0.15, 0.2) is 0 Å². The standard InChI is InChI=1S/C12H27NO/c1-3-4-5-6-8-12(2)11-14-10-7-9-13/h12H,3-11,13H2,1-2H3. The predicted octanol–water partition coefficient (Wildman–Crippen LogP) is 2.96. The van der Waals surface area contributed by atoms with E-state index in [1.165, 1.54) is 32.1 Å². The maximum absolute atomic E-state index is 5.51. The fourth-order valence-electron chi connectivity index (χ4n) is 1.47. The van der Waals surface area contributed by atoms with Crippen LogP contribution in [0.25, 0.3) is 0 Å². The molecule has 0 saturated carbocycles. The third kappa shape index (κ3) is 10.0. The van der Waals surface area contributed by atoms with Crippen LogP contribution in [0.2, 0.25) is 0 Å². The molecule has 0 aliphatic carbocycles. The van der Waals surface area contributed by atoms with Crippen LogP contribution in [0.5, 0.6) is 0 Å². The molecule has 2 N–H and O–H groups in total. The summed E-state index contributed by atoms with van der Waals surface area (Å²) in [6, 6.07) is 0. The predicted molar refractivity (Wildman–Crippen MR) is 62.4 cm³/mol. The summed E-state index contributed by atoms with van der Waals surface area (Å²) in [4.78, 5) is 0. The first kappa shape index (κ1) is 13.9. The van der Waals surface area contributed by atoms with Crippen molar-refractivity contribution in [1.82, 2.24) is 0 Å². The minimum atomic E-state index is 0.713. The molecule has 0 bridgehead atoms. The molecule has 0 aliphatic rings. The monoisotopic (exact) mass is 201 g/mol. The van der Waals surface area contributed by atoms with Crippen LogP contribution in [0.4, 0.5) is 0 Å². The van der Waals surface area contributed by atoms with E-state index in [2.05, 4.69) is 13.8 Å². The molecule has 0 amide bonds. The number of hydrogen-bond acceptors (Lipinski definition) is 2. The summed E-state index contributed by atoms with van der Waals surface area (Å²) in [5.74, 6) is 0.713. The van der Waals surface area contributed by atoms with E-state index in [0.29, 0.717) is 5.92 Å². The Kier molecular flexibility index (Phi) is 10.9. The molecule has 1 atom stereocenters. The maximum atomic E-state index is 5.51. The fraction of sp³-hybridized carbons (Fsp3) is 1.00. The summed E-state index contributed by atoms with van der Waals surface area (Å²) in [5.41, 5.74) is 5.38. The molecule has 0 aromatic carbocycles. The molecule has 0 radical (unpaired) electrons. The zero-order chi connectivity index (χ0) is 10.6. The number of rotatable bonds is 10. The van der Waals surface area contributed by atoms with Crippen molar-refractivity contribution >= 4 is 0 Å². The molecule has 0 aliphatic heterocycles. The van der Waals surface area contributed by atoms with Crippen LogP contribution in [0.1, 0.15) is 52.4 Å². The molecule has 0 heterocycles. The Bertz CT molecular complexity index is 94.5. The first-order valence-corrected chi connectivity index (χ1v) is 6.09. The molecule has 2 heteroatoms. The first-order chi connectivity index (χ1) is 6.81. The van der Waals surface area contributed by atoms with Gasteiger partial charge in [-0.15, -0.1) is 0 Å². The van der Waals surface area contributed by atoms with E-state index in [0.717, 1.165) is 26.2 Å². The third-order valence-electron chi connectivity index (χ3n) is 2.45. The van der Waals surface area contributed by atoms with Crippen molar-refractivity contribution in [3.8, 4) is 0 Å². The topological polar surface area (TPSA) is 35.2 Å². The molecule has 0 aromatic heterocycles. The lowest BCUT2D eigenvalue weighted by Crippen LogP contribution is -2.09. The van der Waals surface area contributed by atoms with Gasteiger partial charge in [0, 0.05) is 13.2 Å². The second-order valence-corrected chi connectivity index (χ2v) is 4.17. The Morgan fingerprint density at radius 1 is 1.14 bits per heavy atom. The van der Waals surface area contributed by atoms with Crippen molar-refractivity contribution in [1.29, 1.82) is 0 Å². The molecule has 0 aromatic rings. The van der Waals surface area contributed by atoms with Gasteiger partial charge in [-0.25, -0.2) is 0 Å². The summed E-state index contributed by atoms with van der Waals surface area (Å²) >= 11 is 0. The lowest BCUT2D eigenvalue weighted by Gasteiger charge is -2.11. The van der Waals surface area contributed by atoms with Crippen molar-refractivity contribution in [2.75, 3.05) is 19.8 Å². The minimum absolute atomic E-state index is 0.713. The smallest absolute Gasteiger partial charge is 0.0491 e. The van der Waals surface area contributed by atoms with Crippen LogP contribution < -0.4 is 5.73 Å². The Hall–Kier alpha value is -0.0800. The summed E-state index contributed by atoms with van der Waals surface area (Å²) in [6.45, 7) is 7.00. The molecule has 2 nitrogen and oxygen atoms in total. The van der Waals surface area contributed by atoms with Gasteiger partial charge in [0.05, 0.1) is 0 Å². The molecule has 0 spiro atoms. The van der Waals surface area contributed by atoms with E-state index in [4.69, 9.17) is 10.5 Å². The van der Waals surface area contributed by atoms with E-state index in [1.54, 1.807) is 0 Å². The van der Waals surface area contributed by atoms with Gasteiger partial charge in [0.2, 0.25) is 0 Å². The molecule has 14 heavy (non-hydrogen) atoms. The Morgan fingerprint density at radius 2 is 1.93 bits per heavy atom.